The second-order valence-electron chi connectivity index (χ2n) is 8.64. The molecule has 1 atom stereocenters. The monoisotopic (exact) mass is 436 g/mol. The molecule has 2 aromatic rings. The number of oxazole rings is 1. The molecule has 1 saturated heterocycles. The lowest BCUT2D eigenvalue weighted by Crippen LogP contribution is -2.37. The number of likely N-dealkylation sites (tertiary alicyclic amines) is 1. The Morgan fingerprint density at radius 1 is 1.30 bits per heavy atom. The van der Waals surface area contributed by atoms with E-state index >= 15 is 0 Å². The fraction of sp³-hybridized carbons (Fsp3) is 0.682. The van der Waals surface area contributed by atoms with E-state index in [1.807, 2.05) is 6.07 Å². The van der Waals surface area contributed by atoms with Gasteiger partial charge in [0.1, 0.15) is 5.52 Å². The van der Waals surface area contributed by atoms with Gasteiger partial charge < -0.3 is 19.6 Å². The van der Waals surface area contributed by atoms with Crippen molar-refractivity contribution in [2.75, 3.05) is 25.0 Å². The predicted molar refractivity (Wildman–Crippen MR) is 119 cm³/mol. The van der Waals surface area contributed by atoms with Gasteiger partial charge in [-0.25, -0.2) is 4.98 Å². The molecule has 0 spiro atoms. The normalized spacial score (nSPS) is 22.2. The largest absolute Gasteiger partial charge is 0.439 e. The van der Waals surface area contributed by atoms with E-state index in [2.05, 4.69) is 29.4 Å². The molecule has 4 rings (SSSR count). The summed E-state index contributed by atoms with van der Waals surface area (Å²) in [5.74, 6) is 0.716. The maximum atomic E-state index is 10.2. The molecule has 166 valence electrons. The number of aliphatic hydroxyl groups is 1. The molecule has 2 aliphatic heterocycles. The summed E-state index contributed by atoms with van der Waals surface area (Å²) in [6, 6.07) is 1.83. The predicted octanol–water partition coefficient (Wildman–Crippen LogP) is 3.87. The number of halogens is 1. The van der Waals surface area contributed by atoms with Gasteiger partial charge in [0.05, 0.1) is 29.5 Å². The van der Waals surface area contributed by atoms with Gasteiger partial charge in [-0.05, 0) is 58.6 Å². The number of aliphatic hydroxyl groups excluding tert-OH is 1. The first kappa shape index (κ1) is 21.8. The molecule has 8 heteroatoms. The molecule has 0 amide bonds. The molecular weight excluding hydrogens is 404 g/mol. The third kappa shape index (κ3) is 5.26. The summed E-state index contributed by atoms with van der Waals surface area (Å²) in [7, 11) is 0. The molecule has 3 N–H and O–H groups in total. The van der Waals surface area contributed by atoms with Crippen LogP contribution < -0.4 is 10.6 Å². The number of aromatic nitrogens is 1. The molecule has 0 radical (unpaired) electrons. The zero-order valence-corrected chi connectivity index (χ0v) is 18.7. The average Bonchev–Trinajstić information content (AvgIpc) is 3.09. The number of nitrogens with zero attached hydrogens (tertiary/aromatic N) is 2. The van der Waals surface area contributed by atoms with Crippen LogP contribution in [0.4, 0.5) is 5.69 Å². The van der Waals surface area contributed by atoms with Gasteiger partial charge >= 0.3 is 0 Å². The van der Waals surface area contributed by atoms with Crippen LogP contribution in [0.5, 0.6) is 0 Å². The van der Waals surface area contributed by atoms with Crippen molar-refractivity contribution in [2.45, 2.75) is 77.5 Å². The van der Waals surface area contributed by atoms with E-state index in [9.17, 15) is 5.11 Å². The van der Waals surface area contributed by atoms with Gasteiger partial charge in [0.15, 0.2) is 11.9 Å². The number of aryl methyl sites for hydroxylation is 1. The lowest BCUT2D eigenvalue weighted by molar-refractivity contribution is -0.0288. The van der Waals surface area contributed by atoms with Gasteiger partial charge in [-0.3, -0.25) is 10.2 Å². The van der Waals surface area contributed by atoms with Crippen molar-refractivity contribution in [1.82, 2.24) is 15.2 Å². The molecule has 1 fully saturated rings. The molecular formula is C22H33ClN4O3. The SMILES string of the molecule is CC(C)OC1CCN(Cc2nc3cc(Cl)c4c(c3o2)CCCCCNC(O)N4)CC1. The van der Waals surface area contributed by atoms with Crippen molar-refractivity contribution in [2.24, 2.45) is 0 Å². The highest BCUT2D eigenvalue weighted by Gasteiger charge is 2.24. The van der Waals surface area contributed by atoms with E-state index in [0.717, 1.165) is 80.5 Å². The van der Waals surface area contributed by atoms with Crippen LogP contribution in [0.3, 0.4) is 0 Å². The van der Waals surface area contributed by atoms with E-state index in [4.69, 9.17) is 25.7 Å². The lowest BCUT2D eigenvalue weighted by atomic mass is 10.0. The summed E-state index contributed by atoms with van der Waals surface area (Å²) in [6.07, 6.45) is 5.86. The molecule has 0 saturated carbocycles. The van der Waals surface area contributed by atoms with Crippen molar-refractivity contribution >= 4 is 28.4 Å². The molecule has 3 heterocycles. The third-order valence-corrected chi connectivity index (χ3v) is 6.15. The first-order valence-electron chi connectivity index (χ1n) is 11.2. The van der Waals surface area contributed by atoms with Crippen LogP contribution in [-0.2, 0) is 17.7 Å². The van der Waals surface area contributed by atoms with Crippen LogP contribution in [0.2, 0.25) is 5.02 Å². The van der Waals surface area contributed by atoms with Crippen molar-refractivity contribution in [3.63, 3.8) is 0 Å². The summed E-state index contributed by atoms with van der Waals surface area (Å²) < 4.78 is 12.2. The first-order chi connectivity index (χ1) is 14.5. The Kier molecular flexibility index (Phi) is 7.16. The van der Waals surface area contributed by atoms with Crippen LogP contribution in [0.1, 0.15) is 57.4 Å². The second kappa shape index (κ2) is 9.83. The van der Waals surface area contributed by atoms with Crippen LogP contribution in [-0.4, -0.2) is 53.2 Å². The standard InChI is InChI=1S/C22H33ClN4O3/c1-14(2)29-15-7-10-27(11-8-15)13-19-25-18-12-17(23)20-16(21(18)30-19)6-4-3-5-9-24-22(28)26-20/h12,14-15,22,24,26,28H,3-11,13H2,1-2H3. The fourth-order valence-electron chi connectivity index (χ4n) is 4.41. The third-order valence-electron chi connectivity index (χ3n) is 5.86. The topological polar surface area (TPSA) is 82.8 Å². The minimum atomic E-state index is -0.839. The molecule has 0 aliphatic carbocycles. The Hall–Kier alpha value is -1.38. The van der Waals surface area contributed by atoms with Crippen molar-refractivity contribution in [1.29, 1.82) is 0 Å². The Morgan fingerprint density at radius 3 is 2.87 bits per heavy atom. The Labute approximate surface area is 183 Å². The minimum Gasteiger partial charge on any atom is -0.439 e. The number of ether oxygens (including phenoxy) is 1. The Morgan fingerprint density at radius 2 is 2.10 bits per heavy atom. The molecule has 0 bridgehead atoms. The van der Waals surface area contributed by atoms with Gasteiger partial charge in [-0.2, -0.15) is 0 Å². The highest BCUT2D eigenvalue weighted by Crippen LogP contribution is 2.36. The van der Waals surface area contributed by atoms with Crippen LogP contribution in [0.25, 0.3) is 11.1 Å². The van der Waals surface area contributed by atoms with Crippen LogP contribution in [0.15, 0.2) is 10.5 Å². The summed E-state index contributed by atoms with van der Waals surface area (Å²) >= 11 is 6.56. The van der Waals surface area contributed by atoms with Crippen molar-refractivity contribution in [3.8, 4) is 0 Å². The number of rotatable bonds is 4. The Balaban J connectivity index is 1.52. The quantitative estimate of drug-likeness (QED) is 0.670. The maximum Gasteiger partial charge on any atom is 0.209 e. The van der Waals surface area contributed by atoms with Gasteiger partial charge in [0, 0.05) is 18.7 Å². The smallest absolute Gasteiger partial charge is 0.209 e. The number of piperidine rings is 1. The zero-order valence-electron chi connectivity index (χ0n) is 17.9. The molecule has 1 aromatic carbocycles. The number of nitrogens with one attached hydrogen (secondary N) is 2. The van der Waals surface area contributed by atoms with E-state index in [1.165, 1.54) is 0 Å². The summed E-state index contributed by atoms with van der Waals surface area (Å²) in [6.45, 7) is 7.60. The van der Waals surface area contributed by atoms with Gasteiger partial charge in [0.25, 0.3) is 0 Å². The summed E-state index contributed by atoms with van der Waals surface area (Å²) in [4.78, 5) is 7.10. The number of hydrogen-bond acceptors (Lipinski definition) is 7. The van der Waals surface area contributed by atoms with Gasteiger partial charge in [0.2, 0.25) is 5.89 Å². The van der Waals surface area contributed by atoms with Crippen LogP contribution in [0, 0.1) is 0 Å². The van der Waals surface area contributed by atoms with Crippen LogP contribution >= 0.6 is 11.6 Å². The average molecular weight is 437 g/mol. The first-order valence-corrected chi connectivity index (χ1v) is 11.5. The number of anilines is 1. The molecule has 1 aromatic heterocycles. The fourth-order valence-corrected chi connectivity index (χ4v) is 4.69. The number of fused-ring (bicyclic) bond motifs is 3. The van der Waals surface area contributed by atoms with E-state index in [1.54, 1.807) is 0 Å². The molecule has 30 heavy (non-hydrogen) atoms. The molecule has 7 nitrogen and oxygen atoms in total. The highest BCUT2D eigenvalue weighted by atomic mass is 35.5. The summed E-state index contributed by atoms with van der Waals surface area (Å²) in [5, 5.41) is 17.0. The Bertz CT molecular complexity index is 849. The second-order valence-corrected chi connectivity index (χ2v) is 9.05. The van der Waals surface area contributed by atoms with Crippen molar-refractivity contribution in [3.05, 3.63) is 22.5 Å². The minimum absolute atomic E-state index is 0.277. The molecule has 1 unspecified atom stereocenters. The van der Waals surface area contributed by atoms with Gasteiger partial charge in [-0.1, -0.05) is 18.0 Å². The number of hydrogen-bond donors (Lipinski definition) is 3. The maximum absolute atomic E-state index is 10.2. The van der Waals surface area contributed by atoms with E-state index in [0.29, 0.717) is 23.6 Å². The highest BCUT2D eigenvalue weighted by molar-refractivity contribution is 6.34. The zero-order chi connectivity index (χ0) is 21.1. The van der Waals surface area contributed by atoms with E-state index in [-0.39, 0.29) is 6.10 Å². The summed E-state index contributed by atoms with van der Waals surface area (Å²) in [5.41, 5.74) is 3.30. The number of benzene rings is 1. The lowest BCUT2D eigenvalue weighted by Gasteiger charge is -2.31. The van der Waals surface area contributed by atoms with Gasteiger partial charge in [-0.15, -0.1) is 0 Å². The van der Waals surface area contributed by atoms with E-state index < -0.39 is 6.35 Å². The van der Waals surface area contributed by atoms with Crippen molar-refractivity contribution < 1.29 is 14.3 Å². The molecule has 2 aliphatic rings.